The number of hydrogen-bond donors (Lipinski definition) is 1. The Kier molecular flexibility index (Phi) is 8.52. The summed E-state index contributed by atoms with van der Waals surface area (Å²) in [5.41, 5.74) is -3.67. The number of carboxylic acids is 1. The van der Waals surface area contributed by atoms with Crippen LogP contribution in [0.3, 0.4) is 0 Å². The van der Waals surface area contributed by atoms with Crippen LogP contribution in [0.4, 0.5) is 52.7 Å². The molecule has 0 aliphatic heterocycles. The highest BCUT2D eigenvalue weighted by Crippen LogP contribution is 2.58. The average molecular weight is 516 g/mol. The Labute approximate surface area is 179 Å². The number of carbonyl (C=O) groups excluding carboxylic acids is 1. The number of rotatable bonds is 12. The van der Waals surface area contributed by atoms with Crippen LogP contribution in [-0.2, 0) is 14.3 Å². The van der Waals surface area contributed by atoms with Gasteiger partial charge in [-0.25, -0.2) is 8.78 Å². The molecule has 4 nitrogen and oxygen atoms in total. The normalized spacial score (nSPS) is 16.5. The van der Waals surface area contributed by atoms with Crippen molar-refractivity contribution in [2.75, 3.05) is 6.61 Å². The molecule has 0 fully saturated rings. The van der Waals surface area contributed by atoms with Crippen molar-refractivity contribution in [1.82, 2.24) is 0 Å². The molecule has 16 heteroatoms. The molecule has 0 radical (unpaired) electrons. The summed E-state index contributed by atoms with van der Waals surface area (Å²) in [6.07, 6.45) is -6.38. The van der Waals surface area contributed by atoms with Crippen molar-refractivity contribution in [3.63, 3.8) is 0 Å². The lowest BCUT2D eigenvalue weighted by Crippen LogP contribution is -2.69. The van der Waals surface area contributed by atoms with Gasteiger partial charge < -0.3 is 9.84 Å². The van der Waals surface area contributed by atoms with Crippen LogP contribution >= 0.6 is 0 Å². The first kappa shape index (κ1) is 31.1. The number of carboxylic acid groups (broad SMARTS) is 1. The van der Waals surface area contributed by atoms with Gasteiger partial charge in [0.15, 0.2) is 6.61 Å². The summed E-state index contributed by atoms with van der Waals surface area (Å²) in [7, 11) is 0. The van der Waals surface area contributed by atoms with Crippen LogP contribution in [0, 0.1) is 10.8 Å². The molecule has 1 atom stereocenters. The van der Waals surface area contributed by atoms with Gasteiger partial charge in [0.25, 0.3) is 0 Å². The summed E-state index contributed by atoms with van der Waals surface area (Å²) < 4.78 is 161. The minimum Gasteiger partial charge on any atom is -0.481 e. The minimum atomic E-state index is -7.73. The molecule has 1 unspecified atom stereocenters. The molecule has 0 aliphatic carbocycles. The Hall–Kier alpha value is -1.90. The van der Waals surface area contributed by atoms with Gasteiger partial charge in [-0.15, -0.1) is 0 Å². The van der Waals surface area contributed by atoms with Crippen molar-refractivity contribution in [2.45, 2.75) is 76.6 Å². The predicted molar refractivity (Wildman–Crippen MR) is 86.1 cm³/mol. The summed E-state index contributed by atoms with van der Waals surface area (Å²) in [6, 6.07) is 0. The first-order valence-electron chi connectivity index (χ1n) is 8.86. The first-order chi connectivity index (χ1) is 14.3. The molecule has 0 amide bonds. The molecule has 0 bridgehead atoms. The number of halogens is 12. The number of esters is 1. The zero-order chi connectivity index (χ0) is 27.1. The number of ether oxygens (including phenoxy) is 1. The number of aliphatic carboxylic acids is 1. The third-order valence-corrected chi connectivity index (χ3v) is 5.01. The Bertz CT molecular complexity index is 736. The van der Waals surface area contributed by atoms with E-state index in [1.165, 1.54) is 6.92 Å². The van der Waals surface area contributed by atoms with E-state index < -0.39 is 71.8 Å². The maximum absolute atomic E-state index is 13.7. The van der Waals surface area contributed by atoms with Gasteiger partial charge >= 0.3 is 48.0 Å². The van der Waals surface area contributed by atoms with Gasteiger partial charge in [-0.05, 0) is 33.6 Å². The number of carbonyl (C=O) groups is 2. The third kappa shape index (κ3) is 5.28. The van der Waals surface area contributed by atoms with Crippen molar-refractivity contribution in [3.05, 3.63) is 0 Å². The van der Waals surface area contributed by atoms with Gasteiger partial charge in [0.05, 0.1) is 10.8 Å². The summed E-state index contributed by atoms with van der Waals surface area (Å²) in [6.45, 7) is 1.27. The zero-order valence-electron chi connectivity index (χ0n) is 17.4. The molecule has 0 aliphatic rings. The summed E-state index contributed by atoms with van der Waals surface area (Å²) >= 11 is 0. The summed E-state index contributed by atoms with van der Waals surface area (Å²) in [5, 5.41) is 9.17. The van der Waals surface area contributed by atoms with Gasteiger partial charge in [0, 0.05) is 0 Å². The Morgan fingerprint density at radius 1 is 0.818 bits per heavy atom. The van der Waals surface area contributed by atoms with Crippen LogP contribution in [0.25, 0.3) is 0 Å². The predicted octanol–water partition coefficient (Wildman–Crippen LogP) is 5.89. The van der Waals surface area contributed by atoms with E-state index in [1.807, 2.05) is 0 Å². The van der Waals surface area contributed by atoms with Crippen LogP contribution < -0.4 is 0 Å². The molecule has 0 saturated carbocycles. The van der Waals surface area contributed by atoms with Gasteiger partial charge in [-0.2, -0.15) is 43.9 Å². The van der Waals surface area contributed by atoms with Gasteiger partial charge in [0.2, 0.25) is 0 Å². The molecule has 33 heavy (non-hydrogen) atoms. The minimum absolute atomic E-state index is 0.118. The highest BCUT2D eigenvalue weighted by Gasteiger charge is 2.87. The van der Waals surface area contributed by atoms with Crippen molar-refractivity contribution in [2.24, 2.45) is 10.8 Å². The van der Waals surface area contributed by atoms with E-state index in [-0.39, 0.29) is 6.42 Å². The van der Waals surface area contributed by atoms with E-state index in [0.29, 0.717) is 0 Å². The maximum Gasteiger partial charge on any atom is 0.384 e. The van der Waals surface area contributed by atoms with Crippen molar-refractivity contribution in [3.8, 4) is 0 Å². The van der Waals surface area contributed by atoms with E-state index in [4.69, 9.17) is 0 Å². The van der Waals surface area contributed by atoms with Gasteiger partial charge in [0.1, 0.15) is 0 Å². The van der Waals surface area contributed by atoms with Gasteiger partial charge in [-0.1, -0.05) is 6.92 Å². The monoisotopic (exact) mass is 516 g/mol. The van der Waals surface area contributed by atoms with Crippen LogP contribution in [0.1, 0.15) is 40.5 Å². The van der Waals surface area contributed by atoms with Gasteiger partial charge in [-0.3, -0.25) is 9.59 Å². The molecule has 0 aromatic carbocycles. The summed E-state index contributed by atoms with van der Waals surface area (Å²) in [5.74, 6) is -39.6. The Morgan fingerprint density at radius 3 is 1.58 bits per heavy atom. The van der Waals surface area contributed by atoms with Crippen LogP contribution in [0.5, 0.6) is 0 Å². The Balaban J connectivity index is 5.87. The highest BCUT2D eigenvalue weighted by molar-refractivity contribution is 5.79. The van der Waals surface area contributed by atoms with Crippen molar-refractivity contribution >= 4 is 11.9 Å². The van der Waals surface area contributed by atoms with E-state index in [2.05, 4.69) is 4.74 Å². The van der Waals surface area contributed by atoms with Crippen LogP contribution in [-0.4, -0.2) is 59.7 Å². The third-order valence-electron chi connectivity index (χ3n) is 5.01. The molecule has 1 N–H and O–H groups in total. The van der Waals surface area contributed by atoms with Crippen LogP contribution in [0.2, 0.25) is 0 Å². The largest absolute Gasteiger partial charge is 0.481 e. The van der Waals surface area contributed by atoms with Crippen molar-refractivity contribution < 1.29 is 72.1 Å². The SMILES string of the molecule is CCC(C)(CC(C)(C)C(=O)OCC(F)(F)C(F)(F)C(F)(F)C(F)(F)C(F)(F)C(F)F)C(=O)O. The lowest BCUT2D eigenvalue weighted by Gasteiger charge is -2.39. The molecule has 0 saturated heterocycles. The topological polar surface area (TPSA) is 63.6 Å². The highest BCUT2D eigenvalue weighted by atomic mass is 19.4. The smallest absolute Gasteiger partial charge is 0.384 e. The fourth-order valence-electron chi connectivity index (χ4n) is 2.61. The summed E-state index contributed by atoms with van der Waals surface area (Å²) in [4.78, 5) is 23.3. The lowest BCUT2D eigenvalue weighted by molar-refractivity contribution is -0.414. The maximum atomic E-state index is 13.7. The second-order valence-corrected chi connectivity index (χ2v) is 8.21. The fraction of sp³-hybridized carbons (Fsp3) is 0.882. The van der Waals surface area contributed by atoms with E-state index in [9.17, 15) is 67.4 Å². The molecular formula is C17H20F12O4. The number of hydrogen-bond acceptors (Lipinski definition) is 3. The molecule has 0 spiro atoms. The molecule has 0 aromatic heterocycles. The standard InChI is InChI=1S/C17H20F12O4/c1-5-12(4,9(30)31)6-11(2,3)10(32)33-7-13(20,21)15(24,25)17(28,29)16(26,27)14(22,23)8(18)19/h8H,5-7H2,1-4H3,(H,30,31). The second kappa shape index (κ2) is 9.04. The first-order valence-corrected chi connectivity index (χ1v) is 8.86. The van der Waals surface area contributed by atoms with E-state index in [1.54, 1.807) is 0 Å². The second-order valence-electron chi connectivity index (χ2n) is 8.21. The zero-order valence-corrected chi connectivity index (χ0v) is 17.4. The molecule has 0 rings (SSSR count). The average Bonchev–Trinajstić information content (AvgIpc) is 2.64. The fourth-order valence-corrected chi connectivity index (χ4v) is 2.61. The quantitative estimate of drug-likeness (QED) is 0.260. The van der Waals surface area contributed by atoms with Crippen molar-refractivity contribution in [1.29, 1.82) is 0 Å². The molecule has 196 valence electrons. The van der Waals surface area contributed by atoms with E-state index in [0.717, 1.165) is 20.8 Å². The Morgan fingerprint density at radius 2 is 1.24 bits per heavy atom. The molecule has 0 aromatic rings. The van der Waals surface area contributed by atoms with E-state index >= 15 is 0 Å². The lowest BCUT2D eigenvalue weighted by atomic mass is 9.72. The van der Waals surface area contributed by atoms with Crippen LogP contribution in [0.15, 0.2) is 0 Å². The molecular weight excluding hydrogens is 496 g/mol. The molecule has 0 heterocycles. The number of alkyl halides is 12.